The molecule has 2 N–H and O–H groups in total. The second kappa shape index (κ2) is 8.38. The Bertz CT molecular complexity index is 2010. The molecule has 7 nitrogen and oxygen atoms in total. The predicted molar refractivity (Wildman–Crippen MR) is 138 cm³/mol. The molecule has 4 aromatic heterocycles. The fourth-order valence-corrected chi connectivity index (χ4v) is 4.67. The minimum Gasteiger partial charge on any atom is -0.454 e. The average Bonchev–Trinajstić information content (AvgIpc) is 3.64. The molecule has 7 aromatic rings. The lowest BCUT2D eigenvalue weighted by Crippen LogP contribution is -2.01. The molecule has 0 amide bonds. The Morgan fingerprint density at radius 2 is 1.79 bits per heavy atom. The van der Waals surface area contributed by atoms with Gasteiger partial charge < -0.3 is 14.7 Å². The van der Waals surface area contributed by atoms with E-state index in [0.717, 1.165) is 28.2 Å². The van der Waals surface area contributed by atoms with Crippen LogP contribution in [0, 0.1) is 11.6 Å². The molecule has 0 radical (unpaired) electrons. The third-order valence-electron chi connectivity index (χ3n) is 6.46. The summed E-state index contributed by atoms with van der Waals surface area (Å²) in [5.41, 5.74) is 5.17. The van der Waals surface area contributed by atoms with Crippen LogP contribution < -0.4 is 4.74 Å². The van der Waals surface area contributed by atoms with Gasteiger partial charge in [-0.15, -0.1) is 0 Å². The highest BCUT2D eigenvalue weighted by Crippen LogP contribution is 2.31. The number of benzene rings is 3. The van der Waals surface area contributed by atoms with E-state index in [1.54, 1.807) is 28.9 Å². The van der Waals surface area contributed by atoms with Gasteiger partial charge in [-0.2, -0.15) is 9.49 Å². The summed E-state index contributed by atoms with van der Waals surface area (Å²) in [6.45, 7) is 0. The van der Waals surface area contributed by atoms with Crippen molar-refractivity contribution in [2.45, 2.75) is 0 Å². The number of aromatic amines is 2. The van der Waals surface area contributed by atoms with Crippen molar-refractivity contribution in [1.29, 1.82) is 0 Å². The second-order valence-corrected chi connectivity index (χ2v) is 8.77. The molecule has 0 fully saturated rings. The zero-order chi connectivity index (χ0) is 25.8. The van der Waals surface area contributed by atoms with Crippen LogP contribution in [0.1, 0.15) is 16.1 Å². The molecule has 0 spiro atoms. The summed E-state index contributed by atoms with van der Waals surface area (Å²) in [5.74, 6) is -2.20. The molecule has 0 aliphatic carbocycles. The molecule has 3 aromatic carbocycles. The van der Waals surface area contributed by atoms with Gasteiger partial charge in [0.1, 0.15) is 11.4 Å². The maximum Gasteiger partial charge on any atom is 0.214 e. The molecule has 0 atom stereocenters. The van der Waals surface area contributed by atoms with Gasteiger partial charge in [-0.25, -0.2) is 8.91 Å². The molecular formula is C29H17F2N5O2. The number of imidazole rings is 1. The quantitative estimate of drug-likeness (QED) is 0.256. The molecule has 9 heteroatoms. The first-order valence-electron chi connectivity index (χ1n) is 11.8. The fourth-order valence-electron chi connectivity index (χ4n) is 4.67. The van der Waals surface area contributed by atoms with Crippen LogP contribution in [0.15, 0.2) is 91.3 Å². The van der Waals surface area contributed by atoms with Crippen LogP contribution in [0.25, 0.3) is 38.8 Å². The Labute approximate surface area is 213 Å². The molecule has 0 unspecified atom stereocenters. The Morgan fingerprint density at radius 1 is 0.895 bits per heavy atom. The van der Waals surface area contributed by atoms with E-state index in [1.807, 2.05) is 42.5 Å². The summed E-state index contributed by atoms with van der Waals surface area (Å²) in [6, 6.07) is 22.1. The van der Waals surface area contributed by atoms with E-state index in [4.69, 9.17) is 4.74 Å². The molecular weight excluding hydrogens is 488 g/mol. The number of pyridine rings is 1. The van der Waals surface area contributed by atoms with E-state index in [9.17, 15) is 13.6 Å². The highest BCUT2D eigenvalue weighted by molar-refractivity contribution is 6.14. The second-order valence-electron chi connectivity index (χ2n) is 8.77. The van der Waals surface area contributed by atoms with E-state index >= 15 is 0 Å². The lowest BCUT2D eigenvalue weighted by molar-refractivity contribution is 0.103. The monoisotopic (exact) mass is 505 g/mol. The largest absolute Gasteiger partial charge is 0.454 e. The maximum atomic E-state index is 14.1. The summed E-state index contributed by atoms with van der Waals surface area (Å²) >= 11 is 0. The van der Waals surface area contributed by atoms with Crippen molar-refractivity contribution >= 4 is 33.4 Å². The van der Waals surface area contributed by atoms with Crippen molar-refractivity contribution in [3.05, 3.63) is 114 Å². The predicted octanol–water partition coefficient (Wildman–Crippen LogP) is 6.66. The van der Waals surface area contributed by atoms with Crippen LogP contribution in [0.3, 0.4) is 0 Å². The molecule has 0 saturated carbocycles. The zero-order valence-electron chi connectivity index (χ0n) is 19.6. The number of ketones is 1. The molecule has 0 saturated heterocycles. The van der Waals surface area contributed by atoms with Crippen molar-refractivity contribution in [3.63, 3.8) is 0 Å². The number of aromatic nitrogens is 5. The Balaban J connectivity index is 1.26. The number of ether oxygens (including phenoxy) is 1. The number of H-pyrrole nitrogens is 2. The van der Waals surface area contributed by atoms with Crippen molar-refractivity contribution < 1.29 is 18.3 Å². The van der Waals surface area contributed by atoms with Crippen molar-refractivity contribution in [3.8, 4) is 22.8 Å². The lowest BCUT2D eigenvalue weighted by Gasteiger charge is -2.07. The van der Waals surface area contributed by atoms with Crippen molar-refractivity contribution in [1.82, 2.24) is 24.6 Å². The number of carbonyl (C=O) groups is 1. The summed E-state index contributed by atoms with van der Waals surface area (Å²) in [7, 11) is 0. The normalized spacial score (nSPS) is 11.5. The molecule has 0 aliphatic rings. The summed E-state index contributed by atoms with van der Waals surface area (Å²) in [5, 5.41) is 5.29. The first-order chi connectivity index (χ1) is 18.6. The molecule has 184 valence electrons. The van der Waals surface area contributed by atoms with E-state index < -0.39 is 11.6 Å². The van der Waals surface area contributed by atoms with Gasteiger partial charge in [0.05, 0.1) is 34.2 Å². The van der Waals surface area contributed by atoms with E-state index in [0.29, 0.717) is 33.7 Å². The summed E-state index contributed by atoms with van der Waals surface area (Å²) in [6.07, 6.45) is 3.25. The van der Waals surface area contributed by atoms with Gasteiger partial charge in [0.25, 0.3) is 0 Å². The SMILES string of the molecule is O=C(c1cc2c(-c3ccccn3)cccc2[nH]1)c1cnn2c1[nH]c1cc(Oc3cccc(F)c3F)ccc12. The molecule has 4 heterocycles. The average molecular weight is 505 g/mol. The van der Waals surface area contributed by atoms with Crippen LogP contribution in [-0.4, -0.2) is 30.3 Å². The molecule has 38 heavy (non-hydrogen) atoms. The Kier molecular flexibility index (Phi) is 4.83. The van der Waals surface area contributed by atoms with Crippen LogP contribution in [-0.2, 0) is 0 Å². The van der Waals surface area contributed by atoms with E-state index in [2.05, 4.69) is 20.1 Å². The number of hydrogen-bond acceptors (Lipinski definition) is 4. The number of hydrogen-bond donors (Lipinski definition) is 2. The Hall–Kier alpha value is -5.31. The van der Waals surface area contributed by atoms with Gasteiger partial charge in [-0.05, 0) is 48.5 Å². The van der Waals surface area contributed by atoms with Crippen molar-refractivity contribution in [2.24, 2.45) is 0 Å². The van der Waals surface area contributed by atoms with Gasteiger partial charge >= 0.3 is 0 Å². The van der Waals surface area contributed by atoms with E-state index in [-0.39, 0.29) is 11.5 Å². The standard InChI is InChI=1S/C29H17F2N5O2/c30-20-6-4-9-26(27(20)31)38-16-10-11-25-23(13-16)35-29-19(15-33-36(25)29)28(37)24-14-18-17(5-3-8-22(18)34-24)21-7-1-2-12-32-21/h1-15,34-35H. The molecule has 7 rings (SSSR count). The van der Waals surface area contributed by atoms with Crippen LogP contribution in [0.5, 0.6) is 11.5 Å². The third-order valence-corrected chi connectivity index (χ3v) is 6.46. The van der Waals surface area contributed by atoms with Gasteiger partial charge in [-0.1, -0.05) is 24.3 Å². The van der Waals surface area contributed by atoms with Crippen LogP contribution in [0.4, 0.5) is 8.78 Å². The summed E-state index contributed by atoms with van der Waals surface area (Å²) in [4.78, 5) is 24.4. The number of carbonyl (C=O) groups excluding carboxylic acids is 1. The fraction of sp³-hybridized carbons (Fsp3) is 0. The van der Waals surface area contributed by atoms with E-state index in [1.165, 1.54) is 18.3 Å². The Morgan fingerprint density at radius 3 is 2.66 bits per heavy atom. The maximum absolute atomic E-state index is 14.1. The number of nitrogens with zero attached hydrogens (tertiary/aromatic N) is 3. The minimum atomic E-state index is -1.06. The van der Waals surface area contributed by atoms with Gasteiger partial charge in [0, 0.05) is 28.7 Å². The highest BCUT2D eigenvalue weighted by Gasteiger charge is 2.21. The number of nitrogens with one attached hydrogen (secondary N) is 2. The molecule has 0 aliphatic heterocycles. The topological polar surface area (TPSA) is 88.1 Å². The number of halogens is 2. The zero-order valence-corrected chi connectivity index (χ0v) is 19.6. The van der Waals surface area contributed by atoms with Crippen LogP contribution >= 0.6 is 0 Å². The van der Waals surface area contributed by atoms with Crippen LogP contribution in [0.2, 0.25) is 0 Å². The van der Waals surface area contributed by atoms with Gasteiger partial charge in [-0.3, -0.25) is 9.78 Å². The molecule has 0 bridgehead atoms. The first-order valence-corrected chi connectivity index (χ1v) is 11.8. The lowest BCUT2D eigenvalue weighted by atomic mass is 10.1. The third kappa shape index (κ3) is 3.44. The van der Waals surface area contributed by atoms with Gasteiger partial charge in [0.15, 0.2) is 11.6 Å². The first kappa shape index (κ1) is 21.9. The van der Waals surface area contributed by atoms with Crippen molar-refractivity contribution in [2.75, 3.05) is 0 Å². The highest BCUT2D eigenvalue weighted by atomic mass is 19.2. The van der Waals surface area contributed by atoms with Gasteiger partial charge in [0.2, 0.25) is 11.6 Å². The smallest absolute Gasteiger partial charge is 0.214 e. The number of rotatable bonds is 5. The summed E-state index contributed by atoms with van der Waals surface area (Å²) < 4.78 is 34.8. The minimum absolute atomic E-state index is 0.222. The number of fused-ring (bicyclic) bond motifs is 4.